The summed E-state index contributed by atoms with van der Waals surface area (Å²) < 4.78 is 6.36. The van der Waals surface area contributed by atoms with Crippen molar-refractivity contribution >= 4 is 28.4 Å². The summed E-state index contributed by atoms with van der Waals surface area (Å²) >= 11 is 0. The number of likely N-dealkylation sites (N-methyl/N-ethyl adjacent to an activating group) is 1. The predicted octanol–water partition coefficient (Wildman–Crippen LogP) is 4.50. The number of fused-ring (bicyclic) bond motifs is 4. The van der Waals surface area contributed by atoms with E-state index < -0.39 is 0 Å². The quantitative estimate of drug-likeness (QED) is 0.510. The molecule has 39 heavy (non-hydrogen) atoms. The number of likely N-dealkylation sites (tertiary alicyclic amines) is 1. The molecular formula is C32H40N6O. The van der Waals surface area contributed by atoms with Gasteiger partial charge in [0, 0.05) is 48.4 Å². The van der Waals surface area contributed by atoms with Crippen molar-refractivity contribution in [2.45, 2.75) is 50.7 Å². The molecule has 0 radical (unpaired) electrons. The molecule has 1 N–H and O–H groups in total. The van der Waals surface area contributed by atoms with Crippen LogP contribution in [0, 0.1) is 5.92 Å². The number of anilines is 2. The van der Waals surface area contributed by atoms with Crippen LogP contribution in [-0.2, 0) is 13.0 Å². The number of nitrogens with zero attached hydrogens (tertiary/aromatic N) is 5. The van der Waals surface area contributed by atoms with Gasteiger partial charge in [0.05, 0.1) is 12.2 Å². The highest BCUT2D eigenvalue weighted by molar-refractivity contribution is 6.00. The zero-order valence-electron chi connectivity index (χ0n) is 23.1. The Morgan fingerprint density at radius 3 is 2.82 bits per heavy atom. The summed E-state index contributed by atoms with van der Waals surface area (Å²) in [6.07, 6.45) is 7.81. The van der Waals surface area contributed by atoms with Crippen molar-refractivity contribution in [1.29, 1.82) is 0 Å². The van der Waals surface area contributed by atoms with E-state index >= 15 is 0 Å². The van der Waals surface area contributed by atoms with E-state index in [2.05, 4.69) is 70.0 Å². The molecule has 5 heterocycles. The van der Waals surface area contributed by atoms with E-state index in [0.29, 0.717) is 24.7 Å². The summed E-state index contributed by atoms with van der Waals surface area (Å²) in [4.78, 5) is 17.6. The zero-order valence-corrected chi connectivity index (χ0v) is 23.1. The van der Waals surface area contributed by atoms with Gasteiger partial charge in [-0.25, -0.2) is 0 Å². The Bertz CT molecular complexity index is 1370. The van der Waals surface area contributed by atoms with Crippen LogP contribution < -0.4 is 19.9 Å². The molecule has 3 fully saturated rings. The summed E-state index contributed by atoms with van der Waals surface area (Å²) in [7, 11) is 2.19. The second-order valence-corrected chi connectivity index (χ2v) is 11.9. The minimum atomic E-state index is 0.440. The van der Waals surface area contributed by atoms with E-state index in [1.165, 1.54) is 53.3 Å². The summed E-state index contributed by atoms with van der Waals surface area (Å²) in [5.74, 6) is 1.89. The van der Waals surface area contributed by atoms with E-state index in [9.17, 15) is 0 Å². The first-order valence-electron chi connectivity index (χ1n) is 14.8. The minimum absolute atomic E-state index is 0.440. The highest BCUT2D eigenvalue weighted by atomic mass is 16.5. The predicted molar refractivity (Wildman–Crippen MR) is 159 cm³/mol. The molecule has 2 bridgehead atoms. The van der Waals surface area contributed by atoms with Crippen LogP contribution in [0.1, 0.15) is 42.5 Å². The lowest BCUT2D eigenvalue weighted by atomic mass is 9.99. The third kappa shape index (κ3) is 4.76. The highest BCUT2D eigenvalue weighted by Crippen LogP contribution is 2.37. The molecule has 7 rings (SSSR count). The molecule has 4 aliphatic rings. The van der Waals surface area contributed by atoms with Gasteiger partial charge in [0.15, 0.2) is 0 Å². The lowest BCUT2D eigenvalue weighted by Gasteiger charge is -2.35. The van der Waals surface area contributed by atoms with Crippen LogP contribution in [0.2, 0.25) is 0 Å². The van der Waals surface area contributed by atoms with E-state index in [-0.39, 0.29) is 0 Å². The monoisotopic (exact) mass is 524 g/mol. The summed E-state index contributed by atoms with van der Waals surface area (Å²) in [5, 5.41) is 6.25. The molecule has 0 amide bonds. The molecule has 204 valence electrons. The molecule has 0 spiro atoms. The number of aromatic nitrogens is 2. The normalized spacial score (nSPS) is 25.1. The standard InChI is InChI=1S/C32H40N6O/c1-3-23-7-4-8-24-9-5-11-29(30(23)24)37-16-13-27-28(20-37)34-32(39-21-26-10-6-14-36(26)2)35-31(27)38-15-12-22-17-25(19-38)33-18-22/h3-5,7-9,11,22,25-26,33H,1,6,10,12-21H2,2H3/t22?,25?,26-/m0/s1. The van der Waals surface area contributed by atoms with Gasteiger partial charge in [-0.15, -0.1) is 0 Å². The maximum Gasteiger partial charge on any atom is 0.318 e. The maximum atomic E-state index is 6.36. The Morgan fingerprint density at radius 1 is 1.08 bits per heavy atom. The summed E-state index contributed by atoms with van der Waals surface area (Å²) in [6, 6.07) is 14.6. The molecule has 7 heteroatoms. The lowest BCUT2D eigenvalue weighted by molar-refractivity contribution is 0.187. The van der Waals surface area contributed by atoms with Gasteiger partial charge < -0.3 is 24.8 Å². The van der Waals surface area contributed by atoms with Crippen LogP contribution in [0.15, 0.2) is 43.0 Å². The molecule has 4 aliphatic heterocycles. The molecule has 0 aliphatic carbocycles. The Kier molecular flexibility index (Phi) is 6.65. The van der Waals surface area contributed by atoms with Crippen LogP contribution in [0.5, 0.6) is 6.01 Å². The Morgan fingerprint density at radius 2 is 1.97 bits per heavy atom. The van der Waals surface area contributed by atoms with Crippen molar-refractivity contribution in [2.75, 3.05) is 56.2 Å². The van der Waals surface area contributed by atoms with Gasteiger partial charge in [-0.3, -0.25) is 0 Å². The van der Waals surface area contributed by atoms with Crippen molar-refractivity contribution in [3.8, 4) is 6.01 Å². The summed E-state index contributed by atoms with van der Waals surface area (Å²) in [6.45, 7) is 10.8. The SMILES string of the molecule is C=Cc1cccc2cccc(N3CCc4c(nc(OC[C@@H]5CCCN5C)nc4N4CCC5CNC(C5)C4)C3)c12. The smallest absolute Gasteiger partial charge is 0.318 e. The number of benzene rings is 2. The first kappa shape index (κ1) is 24.9. The van der Waals surface area contributed by atoms with Gasteiger partial charge >= 0.3 is 6.01 Å². The van der Waals surface area contributed by atoms with Crippen molar-refractivity contribution in [1.82, 2.24) is 20.2 Å². The molecular weight excluding hydrogens is 484 g/mol. The third-order valence-electron chi connectivity index (χ3n) is 9.44. The summed E-state index contributed by atoms with van der Waals surface area (Å²) in [5.41, 5.74) is 4.84. The molecule has 3 atom stereocenters. The van der Waals surface area contributed by atoms with E-state index in [4.69, 9.17) is 14.7 Å². The molecule has 0 saturated carbocycles. The third-order valence-corrected chi connectivity index (χ3v) is 9.44. The Labute approximate surface area is 231 Å². The second kappa shape index (κ2) is 10.4. The van der Waals surface area contributed by atoms with Gasteiger partial charge in [-0.2, -0.15) is 9.97 Å². The van der Waals surface area contributed by atoms with Crippen LogP contribution in [-0.4, -0.2) is 73.3 Å². The second-order valence-electron chi connectivity index (χ2n) is 11.9. The first-order chi connectivity index (χ1) is 19.2. The number of ether oxygens (including phenoxy) is 1. The van der Waals surface area contributed by atoms with E-state index in [0.717, 1.165) is 63.1 Å². The topological polar surface area (TPSA) is 56.8 Å². The fourth-order valence-electron chi connectivity index (χ4n) is 7.21. The number of nitrogens with one attached hydrogen (secondary N) is 1. The van der Waals surface area contributed by atoms with Gasteiger partial charge in [-0.1, -0.05) is 43.0 Å². The number of rotatable bonds is 6. The highest BCUT2D eigenvalue weighted by Gasteiger charge is 2.33. The Balaban J connectivity index is 1.24. The van der Waals surface area contributed by atoms with Crippen molar-refractivity contribution in [3.05, 3.63) is 59.8 Å². The zero-order chi connectivity index (χ0) is 26.3. The maximum absolute atomic E-state index is 6.36. The fourth-order valence-corrected chi connectivity index (χ4v) is 7.21. The minimum Gasteiger partial charge on any atom is -0.462 e. The van der Waals surface area contributed by atoms with E-state index in [1.54, 1.807) is 0 Å². The average Bonchev–Trinajstić information content (AvgIpc) is 3.53. The first-order valence-corrected chi connectivity index (χ1v) is 14.8. The lowest BCUT2D eigenvalue weighted by Crippen LogP contribution is -2.41. The molecule has 7 nitrogen and oxygen atoms in total. The fraction of sp³-hybridized carbons (Fsp3) is 0.500. The molecule has 2 aromatic carbocycles. The molecule has 2 unspecified atom stereocenters. The largest absolute Gasteiger partial charge is 0.462 e. The van der Waals surface area contributed by atoms with Gasteiger partial charge in [0.1, 0.15) is 12.4 Å². The molecule has 1 aromatic heterocycles. The van der Waals surface area contributed by atoms with Gasteiger partial charge in [0.25, 0.3) is 0 Å². The van der Waals surface area contributed by atoms with Crippen LogP contribution in [0.25, 0.3) is 16.8 Å². The van der Waals surface area contributed by atoms with Crippen LogP contribution in [0.4, 0.5) is 11.5 Å². The molecule has 3 saturated heterocycles. The average molecular weight is 525 g/mol. The Hall–Kier alpha value is -3.16. The van der Waals surface area contributed by atoms with E-state index in [1.807, 2.05) is 6.08 Å². The van der Waals surface area contributed by atoms with Crippen LogP contribution >= 0.6 is 0 Å². The number of hydrogen-bond acceptors (Lipinski definition) is 7. The molecule has 3 aromatic rings. The van der Waals surface area contributed by atoms with Gasteiger partial charge in [0.2, 0.25) is 0 Å². The van der Waals surface area contributed by atoms with Crippen molar-refractivity contribution in [3.63, 3.8) is 0 Å². The van der Waals surface area contributed by atoms with Crippen molar-refractivity contribution < 1.29 is 4.74 Å². The van der Waals surface area contributed by atoms with Gasteiger partial charge in [-0.05, 0) is 75.2 Å². The van der Waals surface area contributed by atoms with Crippen molar-refractivity contribution in [2.24, 2.45) is 5.92 Å². The van der Waals surface area contributed by atoms with Crippen LogP contribution in [0.3, 0.4) is 0 Å². The number of hydrogen-bond donors (Lipinski definition) is 1.